The minimum Gasteiger partial charge on any atom is -0.382 e. The number of ketones is 1. The van der Waals surface area contributed by atoms with Gasteiger partial charge in [0.05, 0.1) is 0 Å². The summed E-state index contributed by atoms with van der Waals surface area (Å²) in [5.74, 6) is -0.0787. The molecule has 1 atom stereocenters. The van der Waals surface area contributed by atoms with Gasteiger partial charge in [0.1, 0.15) is 5.60 Å². The van der Waals surface area contributed by atoms with Crippen molar-refractivity contribution < 1.29 is 9.90 Å². The zero-order chi connectivity index (χ0) is 7.49. The normalized spacial score (nSPS) is 16.9. The molecular weight excluding hydrogens is 116 g/mol. The second-order valence-corrected chi connectivity index (χ2v) is 2.40. The molecule has 1 N–H and O–H groups in total. The lowest BCUT2D eigenvalue weighted by atomic mass is 9.96. The molecule has 2 nitrogen and oxygen atoms in total. The summed E-state index contributed by atoms with van der Waals surface area (Å²) in [6.45, 7) is 5.11. The molecule has 0 amide bonds. The van der Waals surface area contributed by atoms with Crippen LogP contribution in [0.3, 0.4) is 0 Å². The van der Waals surface area contributed by atoms with Gasteiger partial charge in [0.25, 0.3) is 0 Å². The third-order valence-electron chi connectivity index (χ3n) is 1.61. The first-order valence-corrected chi connectivity index (χ1v) is 3.30. The first-order chi connectivity index (χ1) is 4.04. The van der Waals surface area contributed by atoms with Crippen LogP contribution >= 0.6 is 0 Å². The number of hydrogen-bond donors (Lipinski definition) is 1. The van der Waals surface area contributed by atoms with Gasteiger partial charge in [-0.25, -0.2) is 0 Å². The topological polar surface area (TPSA) is 37.3 Å². The van der Waals surface area contributed by atoms with E-state index in [-0.39, 0.29) is 5.78 Å². The fourth-order valence-corrected chi connectivity index (χ4v) is 0.578. The Kier molecular flexibility index (Phi) is 2.85. The summed E-state index contributed by atoms with van der Waals surface area (Å²) in [6, 6.07) is 0. The van der Waals surface area contributed by atoms with E-state index in [0.717, 1.165) is 0 Å². The second kappa shape index (κ2) is 2.97. The van der Waals surface area contributed by atoms with E-state index >= 15 is 0 Å². The highest BCUT2D eigenvalue weighted by Gasteiger charge is 2.25. The van der Waals surface area contributed by atoms with Gasteiger partial charge in [-0.05, 0) is 13.3 Å². The van der Waals surface area contributed by atoms with Gasteiger partial charge in [0.15, 0.2) is 5.78 Å². The van der Waals surface area contributed by atoms with Gasteiger partial charge >= 0.3 is 0 Å². The Bertz CT molecular complexity index is 105. The lowest BCUT2D eigenvalue weighted by Crippen LogP contribution is -2.33. The lowest BCUT2D eigenvalue weighted by Gasteiger charge is -2.17. The summed E-state index contributed by atoms with van der Waals surface area (Å²) >= 11 is 0. The molecule has 0 aromatic carbocycles. The molecule has 0 rings (SSSR count). The molecule has 54 valence electrons. The minimum atomic E-state index is -1.09. The summed E-state index contributed by atoms with van der Waals surface area (Å²) in [7, 11) is 0. The Morgan fingerprint density at radius 1 is 1.56 bits per heavy atom. The molecule has 0 aliphatic rings. The van der Waals surface area contributed by atoms with Crippen LogP contribution in [0.4, 0.5) is 0 Å². The van der Waals surface area contributed by atoms with E-state index in [4.69, 9.17) is 0 Å². The Morgan fingerprint density at radius 2 is 2.00 bits per heavy atom. The Hall–Kier alpha value is -0.370. The molecule has 1 unspecified atom stereocenters. The van der Waals surface area contributed by atoms with Gasteiger partial charge in [-0.3, -0.25) is 4.79 Å². The third-order valence-corrected chi connectivity index (χ3v) is 1.61. The van der Waals surface area contributed by atoms with E-state index in [1.807, 2.05) is 0 Å². The average Bonchev–Trinajstić information content (AvgIpc) is 1.86. The van der Waals surface area contributed by atoms with Crippen molar-refractivity contribution in [3.8, 4) is 0 Å². The number of carbonyl (C=O) groups is 1. The van der Waals surface area contributed by atoms with Gasteiger partial charge < -0.3 is 5.11 Å². The predicted octanol–water partition coefficient (Wildman–Crippen LogP) is 1.13. The maximum atomic E-state index is 10.8. The van der Waals surface area contributed by atoms with Crippen LogP contribution in [0.15, 0.2) is 0 Å². The summed E-state index contributed by atoms with van der Waals surface area (Å²) in [4.78, 5) is 10.8. The van der Waals surface area contributed by atoms with E-state index in [1.165, 1.54) is 0 Å². The van der Waals surface area contributed by atoms with Crippen LogP contribution in [0.1, 0.15) is 33.6 Å². The Morgan fingerprint density at radius 3 is 2.11 bits per heavy atom. The van der Waals surface area contributed by atoms with Crippen molar-refractivity contribution >= 4 is 5.78 Å². The molecule has 0 fully saturated rings. The SMILES string of the molecule is CCC(=O)C(C)(O)CC. The van der Waals surface area contributed by atoms with Crippen molar-refractivity contribution in [3.63, 3.8) is 0 Å². The van der Waals surface area contributed by atoms with Crippen LogP contribution < -0.4 is 0 Å². The highest BCUT2D eigenvalue weighted by atomic mass is 16.3. The maximum absolute atomic E-state index is 10.8. The molecule has 0 aliphatic heterocycles. The molecule has 0 aromatic heterocycles. The van der Waals surface area contributed by atoms with Crippen LogP contribution in [0, 0.1) is 0 Å². The van der Waals surface area contributed by atoms with Gasteiger partial charge in [-0.1, -0.05) is 13.8 Å². The van der Waals surface area contributed by atoms with E-state index in [2.05, 4.69) is 0 Å². The van der Waals surface area contributed by atoms with E-state index in [9.17, 15) is 9.90 Å². The van der Waals surface area contributed by atoms with Crippen LogP contribution in [-0.4, -0.2) is 16.5 Å². The van der Waals surface area contributed by atoms with Gasteiger partial charge in [0, 0.05) is 6.42 Å². The first-order valence-electron chi connectivity index (χ1n) is 3.30. The standard InChI is InChI=1S/C7H14O2/c1-4-6(8)7(3,9)5-2/h9H,4-5H2,1-3H3. The molecule has 0 spiro atoms. The molecule has 0 saturated heterocycles. The van der Waals surface area contributed by atoms with Crippen molar-refractivity contribution in [3.05, 3.63) is 0 Å². The molecule has 0 heterocycles. The predicted molar refractivity (Wildman–Crippen MR) is 36.2 cm³/mol. The van der Waals surface area contributed by atoms with E-state index < -0.39 is 5.60 Å². The average molecular weight is 130 g/mol. The molecule has 0 bridgehead atoms. The van der Waals surface area contributed by atoms with Crippen LogP contribution in [0.25, 0.3) is 0 Å². The van der Waals surface area contributed by atoms with Crippen LogP contribution in [-0.2, 0) is 4.79 Å². The fraction of sp³-hybridized carbons (Fsp3) is 0.857. The van der Waals surface area contributed by atoms with Gasteiger partial charge in [-0.15, -0.1) is 0 Å². The molecule has 0 aromatic rings. The van der Waals surface area contributed by atoms with Crippen molar-refractivity contribution in [1.82, 2.24) is 0 Å². The number of hydrogen-bond acceptors (Lipinski definition) is 2. The molecule has 0 saturated carbocycles. The smallest absolute Gasteiger partial charge is 0.163 e. The van der Waals surface area contributed by atoms with Crippen LogP contribution in [0.2, 0.25) is 0 Å². The maximum Gasteiger partial charge on any atom is 0.163 e. The number of carbonyl (C=O) groups excluding carboxylic acids is 1. The van der Waals surface area contributed by atoms with E-state index in [1.54, 1.807) is 20.8 Å². The van der Waals surface area contributed by atoms with Crippen molar-refractivity contribution in [2.45, 2.75) is 39.2 Å². The Balaban J connectivity index is 3.97. The largest absolute Gasteiger partial charge is 0.382 e. The Labute approximate surface area is 55.9 Å². The minimum absolute atomic E-state index is 0.0787. The zero-order valence-electron chi connectivity index (χ0n) is 6.27. The monoisotopic (exact) mass is 130 g/mol. The number of rotatable bonds is 3. The summed E-state index contributed by atoms with van der Waals surface area (Å²) in [5, 5.41) is 9.24. The highest BCUT2D eigenvalue weighted by Crippen LogP contribution is 2.10. The molecule has 0 aliphatic carbocycles. The summed E-state index contributed by atoms with van der Waals surface area (Å²) < 4.78 is 0. The lowest BCUT2D eigenvalue weighted by molar-refractivity contribution is -0.135. The first kappa shape index (κ1) is 8.63. The van der Waals surface area contributed by atoms with Crippen molar-refractivity contribution in [2.75, 3.05) is 0 Å². The fourth-order valence-electron chi connectivity index (χ4n) is 0.578. The van der Waals surface area contributed by atoms with E-state index in [0.29, 0.717) is 12.8 Å². The second-order valence-electron chi connectivity index (χ2n) is 2.40. The molecular formula is C7H14O2. The molecule has 2 heteroatoms. The summed E-state index contributed by atoms with van der Waals surface area (Å²) in [5.41, 5.74) is -1.09. The van der Waals surface area contributed by atoms with Gasteiger partial charge in [0.2, 0.25) is 0 Å². The van der Waals surface area contributed by atoms with Crippen LogP contribution in [0.5, 0.6) is 0 Å². The molecule has 9 heavy (non-hydrogen) atoms. The highest BCUT2D eigenvalue weighted by molar-refractivity contribution is 5.86. The quantitative estimate of drug-likeness (QED) is 0.621. The number of aliphatic hydroxyl groups is 1. The summed E-state index contributed by atoms with van der Waals surface area (Å²) in [6.07, 6.45) is 0.917. The van der Waals surface area contributed by atoms with Crippen molar-refractivity contribution in [1.29, 1.82) is 0 Å². The third kappa shape index (κ3) is 2.14. The van der Waals surface area contributed by atoms with Gasteiger partial charge in [-0.2, -0.15) is 0 Å². The zero-order valence-corrected chi connectivity index (χ0v) is 6.27. The van der Waals surface area contributed by atoms with Crippen molar-refractivity contribution in [2.24, 2.45) is 0 Å². The number of Topliss-reactive ketones (excluding diaryl/α,β-unsaturated/α-hetero) is 1. The molecule has 0 radical (unpaired) electrons.